The number of ether oxygens (including phenoxy) is 1. The van der Waals surface area contributed by atoms with Crippen molar-refractivity contribution in [1.29, 1.82) is 0 Å². The van der Waals surface area contributed by atoms with Crippen LogP contribution in [0.3, 0.4) is 0 Å². The van der Waals surface area contributed by atoms with Crippen LogP contribution in [0.5, 0.6) is 5.75 Å². The van der Waals surface area contributed by atoms with Crippen molar-refractivity contribution in [2.75, 3.05) is 18.3 Å². The molecule has 0 spiro atoms. The average Bonchev–Trinajstić information content (AvgIpc) is 2.75. The van der Waals surface area contributed by atoms with Crippen LogP contribution >= 0.6 is 11.6 Å². The smallest absolute Gasteiger partial charge is 0.239 e. The number of alkyl halides is 1. The van der Waals surface area contributed by atoms with Crippen LogP contribution in [-0.2, 0) is 11.3 Å². The first-order chi connectivity index (χ1) is 10.0. The molecule has 0 atom stereocenters. The second-order valence-electron chi connectivity index (χ2n) is 4.74. The van der Waals surface area contributed by atoms with E-state index in [1.807, 2.05) is 42.8 Å². The third-order valence-electron chi connectivity index (χ3n) is 3.23. The Morgan fingerprint density at radius 2 is 2.19 bits per heavy atom. The Morgan fingerprint density at radius 1 is 1.43 bits per heavy atom. The van der Waals surface area contributed by atoms with Crippen molar-refractivity contribution in [3.8, 4) is 5.75 Å². The molecule has 2 rings (SSSR count). The van der Waals surface area contributed by atoms with Crippen molar-refractivity contribution in [1.82, 2.24) is 9.78 Å². The standard InChI is InChI=1S/C15H18ClN3O2/c1-10-15(17-14(20)8-16)11(2)19(18-10)9-12-5-4-6-13(7-12)21-3/h4-7H,8-9H2,1-3H3,(H,17,20). The molecule has 0 bridgehead atoms. The third kappa shape index (κ3) is 3.55. The van der Waals surface area contributed by atoms with Crippen LogP contribution in [0.25, 0.3) is 0 Å². The van der Waals surface area contributed by atoms with E-state index in [0.717, 1.165) is 28.4 Å². The normalized spacial score (nSPS) is 10.5. The van der Waals surface area contributed by atoms with Gasteiger partial charge in [-0.05, 0) is 31.5 Å². The average molecular weight is 308 g/mol. The summed E-state index contributed by atoms with van der Waals surface area (Å²) in [5.74, 6) is 0.508. The predicted molar refractivity (Wildman–Crippen MR) is 83.1 cm³/mol. The number of aromatic nitrogens is 2. The molecule has 0 aliphatic carbocycles. The number of aryl methyl sites for hydroxylation is 1. The highest BCUT2D eigenvalue weighted by atomic mass is 35.5. The SMILES string of the molecule is COc1cccc(Cn2nc(C)c(NC(=O)CCl)c2C)c1. The van der Waals surface area contributed by atoms with Gasteiger partial charge in [-0.25, -0.2) is 0 Å². The van der Waals surface area contributed by atoms with Gasteiger partial charge < -0.3 is 10.1 Å². The van der Waals surface area contributed by atoms with Gasteiger partial charge in [0.15, 0.2) is 0 Å². The fourth-order valence-electron chi connectivity index (χ4n) is 2.15. The lowest BCUT2D eigenvalue weighted by Crippen LogP contribution is -2.14. The van der Waals surface area contributed by atoms with Gasteiger partial charge in [0.05, 0.1) is 30.7 Å². The molecule has 1 aromatic heterocycles. The lowest BCUT2D eigenvalue weighted by atomic mass is 10.2. The first-order valence-electron chi connectivity index (χ1n) is 6.58. The van der Waals surface area contributed by atoms with Crippen LogP contribution in [0, 0.1) is 13.8 Å². The van der Waals surface area contributed by atoms with E-state index < -0.39 is 0 Å². The number of hydrogen-bond acceptors (Lipinski definition) is 3. The van der Waals surface area contributed by atoms with Crippen molar-refractivity contribution in [2.24, 2.45) is 0 Å². The number of anilines is 1. The molecule has 21 heavy (non-hydrogen) atoms. The Morgan fingerprint density at radius 3 is 2.86 bits per heavy atom. The van der Waals surface area contributed by atoms with Gasteiger partial charge in [0.2, 0.25) is 5.91 Å². The summed E-state index contributed by atoms with van der Waals surface area (Å²) in [7, 11) is 1.64. The van der Waals surface area contributed by atoms with Gasteiger partial charge in [-0.15, -0.1) is 11.6 Å². The molecule has 6 heteroatoms. The second kappa shape index (κ2) is 6.63. The molecule has 1 N–H and O–H groups in total. The van der Waals surface area contributed by atoms with Crippen molar-refractivity contribution in [3.05, 3.63) is 41.2 Å². The van der Waals surface area contributed by atoms with Gasteiger partial charge in [-0.3, -0.25) is 9.48 Å². The highest BCUT2D eigenvalue weighted by molar-refractivity contribution is 6.29. The minimum absolute atomic E-state index is 0.0695. The molecule has 0 aliphatic rings. The number of carbonyl (C=O) groups is 1. The van der Waals surface area contributed by atoms with Gasteiger partial charge in [0, 0.05) is 0 Å². The van der Waals surface area contributed by atoms with Gasteiger partial charge in [-0.1, -0.05) is 12.1 Å². The first kappa shape index (κ1) is 15.4. The fraction of sp³-hybridized carbons (Fsp3) is 0.333. The molecule has 2 aromatic rings. The van der Waals surface area contributed by atoms with E-state index in [0.29, 0.717) is 6.54 Å². The fourth-order valence-corrected chi connectivity index (χ4v) is 2.22. The predicted octanol–water partition coefficient (Wildman–Crippen LogP) is 2.73. The maximum Gasteiger partial charge on any atom is 0.239 e. The van der Waals surface area contributed by atoms with Gasteiger partial charge >= 0.3 is 0 Å². The summed E-state index contributed by atoms with van der Waals surface area (Å²) in [4.78, 5) is 11.4. The van der Waals surface area contributed by atoms with Crippen molar-refractivity contribution in [2.45, 2.75) is 20.4 Å². The van der Waals surface area contributed by atoms with Crippen molar-refractivity contribution in [3.63, 3.8) is 0 Å². The van der Waals surface area contributed by atoms with Gasteiger partial charge in [-0.2, -0.15) is 5.10 Å². The molecule has 112 valence electrons. The summed E-state index contributed by atoms with van der Waals surface area (Å²) in [5, 5.41) is 7.24. The molecule has 0 aliphatic heterocycles. The Bertz CT molecular complexity index is 652. The minimum Gasteiger partial charge on any atom is -0.497 e. The maximum absolute atomic E-state index is 11.4. The Kier molecular flexibility index (Phi) is 4.85. The van der Waals surface area contributed by atoms with Gasteiger partial charge in [0.25, 0.3) is 0 Å². The number of benzene rings is 1. The van der Waals surface area contributed by atoms with E-state index in [1.54, 1.807) is 7.11 Å². The number of methoxy groups -OCH3 is 1. The zero-order valence-electron chi connectivity index (χ0n) is 12.3. The molecule has 5 nitrogen and oxygen atoms in total. The zero-order chi connectivity index (χ0) is 15.4. The molecule has 0 radical (unpaired) electrons. The zero-order valence-corrected chi connectivity index (χ0v) is 13.1. The van der Waals surface area contributed by atoms with Crippen LogP contribution in [0.1, 0.15) is 17.0 Å². The van der Waals surface area contributed by atoms with E-state index in [2.05, 4.69) is 10.4 Å². The summed E-state index contributed by atoms with van der Waals surface area (Å²) in [6, 6.07) is 7.82. The first-order valence-corrected chi connectivity index (χ1v) is 7.11. The summed E-state index contributed by atoms with van der Waals surface area (Å²) >= 11 is 5.52. The summed E-state index contributed by atoms with van der Waals surface area (Å²) in [6.07, 6.45) is 0. The van der Waals surface area contributed by atoms with Crippen LogP contribution < -0.4 is 10.1 Å². The molecule has 0 fully saturated rings. The molecule has 1 aromatic carbocycles. The number of amides is 1. The lowest BCUT2D eigenvalue weighted by molar-refractivity contribution is -0.113. The van der Waals surface area contributed by atoms with Crippen LogP contribution in [0.15, 0.2) is 24.3 Å². The van der Waals surface area contributed by atoms with E-state index in [9.17, 15) is 4.79 Å². The Balaban J connectivity index is 2.24. The monoisotopic (exact) mass is 307 g/mol. The van der Waals surface area contributed by atoms with E-state index in [1.165, 1.54) is 0 Å². The topological polar surface area (TPSA) is 56.1 Å². The number of nitrogens with zero attached hydrogens (tertiary/aromatic N) is 2. The summed E-state index contributed by atoms with van der Waals surface area (Å²) in [5.41, 5.74) is 3.47. The number of rotatable bonds is 5. The molecule has 0 unspecified atom stereocenters. The maximum atomic E-state index is 11.4. The summed E-state index contributed by atoms with van der Waals surface area (Å²) < 4.78 is 7.07. The molecule has 1 heterocycles. The van der Waals surface area contributed by atoms with Crippen molar-refractivity contribution < 1.29 is 9.53 Å². The highest BCUT2D eigenvalue weighted by Gasteiger charge is 2.14. The number of carbonyl (C=O) groups excluding carboxylic acids is 1. The minimum atomic E-state index is -0.233. The number of halogens is 1. The van der Waals surface area contributed by atoms with E-state index >= 15 is 0 Å². The van der Waals surface area contributed by atoms with Crippen LogP contribution in [-0.4, -0.2) is 28.7 Å². The van der Waals surface area contributed by atoms with Crippen molar-refractivity contribution >= 4 is 23.2 Å². The largest absolute Gasteiger partial charge is 0.497 e. The quantitative estimate of drug-likeness (QED) is 0.864. The van der Waals surface area contributed by atoms with Crippen LogP contribution in [0.4, 0.5) is 5.69 Å². The molecule has 0 saturated carbocycles. The highest BCUT2D eigenvalue weighted by Crippen LogP contribution is 2.21. The summed E-state index contributed by atoms with van der Waals surface area (Å²) in [6.45, 7) is 4.39. The number of nitrogens with one attached hydrogen (secondary N) is 1. The van der Waals surface area contributed by atoms with E-state index in [-0.39, 0.29) is 11.8 Å². The Hall–Kier alpha value is -2.01. The van der Waals surface area contributed by atoms with E-state index in [4.69, 9.17) is 16.3 Å². The number of hydrogen-bond donors (Lipinski definition) is 1. The molecular formula is C15H18ClN3O2. The molecule has 0 saturated heterocycles. The van der Waals surface area contributed by atoms with Crippen LogP contribution in [0.2, 0.25) is 0 Å². The van der Waals surface area contributed by atoms with Gasteiger partial charge in [0.1, 0.15) is 11.6 Å². The second-order valence-corrected chi connectivity index (χ2v) is 5.00. The lowest BCUT2D eigenvalue weighted by Gasteiger charge is -2.07. The third-order valence-corrected chi connectivity index (χ3v) is 3.48. The molecular weight excluding hydrogens is 290 g/mol. The Labute approximate surface area is 128 Å². The molecule has 1 amide bonds.